The zero-order chi connectivity index (χ0) is 24.1. The van der Waals surface area contributed by atoms with Gasteiger partial charge in [0.2, 0.25) is 5.91 Å². The van der Waals surface area contributed by atoms with Crippen LogP contribution in [0.25, 0.3) is 5.69 Å². The normalized spacial score (nSPS) is 10.9. The minimum atomic E-state index is -0.566. The number of carbonyl (C=O) groups excluding carboxylic acids is 1. The number of H-pyrrole nitrogens is 1. The Morgan fingerprint density at radius 3 is 2.58 bits per heavy atom. The average molecular weight is 454 g/mol. The Kier molecular flexibility index (Phi) is 7.37. The van der Waals surface area contributed by atoms with Crippen LogP contribution < -0.4 is 27.2 Å². The maximum atomic E-state index is 12.7. The third-order valence-corrected chi connectivity index (χ3v) is 5.56. The first-order chi connectivity index (χ1) is 15.7. The van der Waals surface area contributed by atoms with E-state index in [9.17, 15) is 14.4 Å². The molecule has 0 spiro atoms. The van der Waals surface area contributed by atoms with Crippen LogP contribution in [0.15, 0.2) is 39.9 Å². The number of nitrogens with one attached hydrogen (secondary N) is 2. The van der Waals surface area contributed by atoms with E-state index < -0.39 is 11.2 Å². The van der Waals surface area contributed by atoms with Gasteiger partial charge in [-0.15, -0.1) is 0 Å². The van der Waals surface area contributed by atoms with Crippen LogP contribution in [0.2, 0.25) is 0 Å². The highest BCUT2D eigenvalue weighted by atomic mass is 16.2. The van der Waals surface area contributed by atoms with E-state index >= 15 is 0 Å². The summed E-state index contributed by atoms with van der Waals surface area (Å²) in [6, 6.07) is 9.68. The van der Waals surface area contributed by atoms with Crippen molar-refractivity contribution in [2.75, 3.05) is 29.5 Å². The third kappa shape index (κ3) is 5.16. The summed E-state index contributed by atoms with van der Waals surface area (Å²) in [4.78, 5) is 41.1. The van der Waals surface area contributed by atoms with Crippen molar-refractivity contribution in [3.05, 3.63) is 62.6 Å². The molecule has 2 aromatic heterocycles. The molecule has 0 aliphatic rings. The Bertz CT molecular complexity index is 1240. The minimum absolute atomic E-state index is 0.107. The molecule has 176 valence electrons. The van der Waals surface area contributed by atoms with Gasteiger partial charge in [0.05, 0.1) is 22.8 Å². The summed E-state index contributed by atoms with van der Waals surface area (Å²) < 4.78 is 3.15. The summed E-state index contributed by atoms with van der Waals surface area (Å²) in [7, 11) is 1.67. The number of carbonyl (C=O) groups is 1. The predicted octanol–water partition coefficient (Wildman–Crippen LogP) is 2.19. The molecule has 0 bridgehead atoms. The number of nitrogens with two attached hydrogens (primary N) is 1. The topological polar surface area (TPSA) is 131 Å². The number of para-hydroxylation sites is 1. The molecule has 1 amide bonds. The molecule has 1 aromatic carbocycles. The van der Waals surface area contributed by atoms with Crippen molar-refractivity contribution in [3.63, 3.8) is 0 Å². The lowest BCUT2D eigenvalue weighted by Gasteiger charge is -2.21. The summed E-state index contributed by atoms with van der Waals surface area (Å²) in [6.07, 6.45) is 1.77. The molecule has 2 heterocycles. The molecular formula is C23H31N7O3. The van der Waals surface area contributed by atoms with E-state index in [-0.39, 0.29) is 30.4 Å². The maximum Gasteiger partial charge on any atom is 0.330 e. The molecule has 0 fully saturated rings. The summed E-state index contributed by atoms with van der Waals surface area (Å²) in [6.45, 7) is 6.41. The van der Waals surface area contributed by atoms with Crippen LogP contribution in [0.3, 0.4) is 0 Å². The van der Waals surface area contributed by atoms with Crippen molar-refractivity contribution in [3.8, 4) is 5.69 Å². The number of nitrogens with zero attached hydrogens (tertiary/aromatic N) is 4. The van der Waals surface area contributed by atoms with Crippen LogP contribution in [0, 0.1) is 13.8 Å². The lowest BCUT2D eigenvalue weighted by atomic mass is 10.2. The van der Waals surface area contributed by atoms with E-state index in [1.807, 2.05) is 51.1 Å². The molecule has 0 radical (unpaired) electrons. The highest BCUT2D eigenvalue weighted by Crippen LogP contribution is 2.23. The molecule has 10 nitrogen and oxygen atoms in total. The second-order valence-electron chi connectivity index (χ2n) is 8.01. The summed E-state index contributed by atoms with van der Waals surface area (Å²) in [5.74, 6) is -0.106. The van der Waals surface area contributed by atoms with Crippen LogP contribution in [-0.4, -0.2) is 38.8 Å². The molecule has 3 rings (SSSR count). The molecule has 4 N–H and O–H groups in total. The van der Waals surface area contributed by atoms with Crippen molar-refractivity contribution >= 4 is 23.1 Å². The first kappa shape index (κ1) is 23.8. The molecule has 3 aromatic rings. The second kappa shape index (κ2) is 10.2. The maximum absolute atomic E-state index is 12.7. The minimum Gasteiger partial charge on any atom is -0.383 e. The van der Waals surface area contributed by atoms with Gasteiger partial charge in [-0.25, -0.2) is 9.48 Å². The van der Waals surface area contributed by atoms with Crippen molar-refractivity contribution in [2.45, 2.75) is 46.6 Å². The van der Waals surface area contributed by atoms with Gasteiger partial charge in [-0.05, 0) is 32.4 Å². The van der Waals surface area contributed by atoms with Gasteiger partial charge in [0, 0.05) is 26.6 Å². The van der Waals surface area contributed by atoms with Crippen molar-refractivity contribution in [1.29, 1.82) is 0 Å². The Morgan fingerprint density at radius 1 is 1.21 bits per heavy atom. The molecule has 0 saturated heterocycles. The van der Waals surface area contributed by atoms with Crippen molar-refractivity contribution in [1.82, 2.24) is 19.3 Å². The molecule has 0 atom stereocenters. The van der Waals surface area contributed by atoms with Gasteiger partial charge >= 0.3 is 5.69 Å². The zero-order valence-corrected chi connectivity index (χ0v) is 19.5. The number of unbranched alkanes of at least 4 members (excludes halogenated alkanes) is 1. The van der Waals surface area contributed by atoms with Gasteiger partial charge < -0.3 is 16.0 Å². The summed E-state index contributed by atoms with van der Waals surface area (Å²) in [5, 5.41) is 7.47. The van der Waals surface area contributed by atoms with Crippen LogP contribution >= 0.6 is 0 Å². The lowest BCUT2D eigenvalue weighted by Crippen LogP contribution is -2.38. The van der Waals surface area contributed by atoms with E-state index in [1.54, 1.807) is 16.6 Å². The molecule has 0 saturated carbocycles. The van der Waals surface area contributed by atoms with Crippen molar-refractivity contribution in [2.24, 2.45) is 0 Å². The Morgan fingerprint density at radius 2 is 1.91 bits per heavy atom. The van der Waals surface area contributed by atoms with E-state index in [1.165, 1.54) is 4.57 Å². The first-order valence-electron chi connectivity index (χ1n) is 11.0. The van der Waals surface area contributed by atoms with Gasteiger partial charge in [-0.2, -0.15) is 5.10 Å². The fourth-order valence-electron chi connectivity index (χ4n) is 3.71. The van der Waals surface area contributed by atoms with E-state index in [4.69, 9.17) is 5.73 Å². The molecule has 0 unspecified atom stereocenters. The van der Waals surface area contributed by atoms with E-state index in [2.05, 4.69) is 15.4 Å². The molecule has 0 aliphatic carbocycles. The number of aryl methyl sites for hydroxylation is 1. The predicted molar refractivity (Wildman–Crippen MR) is 130 cm³/mol. The van der Waals surface area contributed by atoms with Crippen LogP contribution in [0.4, 0.5) is 17.2 Å². The van der Waals surface area contributed by atoms with Crippen molar-refractivity contribution < 1.29 is 4.79 Å². The van der Waals surface area contributed by atoms with Gasteiger partial charge in [-0.3, -0.25) is 19.1 Å². The van der Waals surface area contributed by atoms with Crippen LogP contribution in [0.1, 0.15) is 37.6 Å². The Labute approximate surface area is 192 Å². The number of hydrogen-bond acceptors (Lipinski definition) is 6. The summed E-state index contributed by atoms with van der Waals surface area (Å²) in [5.41, 5.74) is 8.34. The number of benzene rings is 1. The zero-order valence-electron chi connectivity index (χ0n) is 19.5. The average Bonchev–Trinajstić information content (AvgIpc) is 3.06. The smallest absolute Gasteiger partial charge is 0.330 e. The lowest BCUT2D eigenvalue weighted by molar-refractivity contribution is -0.116. The highest BCUT2D eigenvalue weighted by Gasteiger charge is 2.18. The highest BCUT2D eigenvalue weighted by molar-refractivity contribution is 5.92. The Balaban J connectivity index is 1.72. The molecule has 10 heteroatoms. The third-order valence-electron chi connectivity index (χ3n) is 5.56. The van der Waals surface area contributed by atoms with Crippen LogP contribution in [0.5, 0.6) is 0 Å². The number of anilines is 3. The summed E-state index contributed by atoms with van der Waals surface area (Å²) >= 11 is 0. The van der Waals surface area contributed by atoms with E-state index in [0.29, 0.717) is 17.9 Å². The second-order valence-corrected chi connectivity index (χ2v) is 8.01. The number of aromatic amines is 1. The van der Waals surface area contributed by atoms with E-state index in [0.717, 1.165) is 24.2 Å². The fourth-order valence-corrected chi connectivity index (χ4v) is 3.71. The fraction of sp³-hybridized carbons (Fsp3) is 0.391. The quantitative estimate of drug-likeness (QED) is 0.455. The van der Waals surface area contributed by atoms with Gasteiger partial charge in [0.1, 0.15) is 11.5 Å². The molecular weight excluding hydrogens is 422 g/mol. The molecule has 0 aliphatic heterocycles. The standard InChI is InChI=1S/C23H31N7O3/c1-5-6-13-29-21(24)20(22(32)26-23(29)33)28(4)14-12-18(31)25-19-15(2)27-30(16(19)3)17-10-8-7-9-11-17/h7-11H,5-6,12-14,24H2,1-4H3,(H,25,31)(H,26,32,33). The van der Waals surface area contributed by atoms with Crippen LogP contribution in [-0.2, 0) is 11.3 Å². The van der Waals surface area contributed by atoms with Gasteiger partial charge in [-0.1, -0.05) is 31.5 Å². The number of aromatic nitrogens is 4. The monoisotopic (exact) mass is 453 g/mol. The van der Waals surface area contributed by atoms with Gasteiger partial charge in [0.25, 0.3) is 5.56 Å². The molecule has 33 heavy (non-hydrogen) atoms. The first-order valence-corrected chi connectivity index (χ1v) is 11.0. The number of nitrogen functional groups attached to an aromatic ring is 1. The largest absolute Gasteiger partial charge is 0.383 e. The SMILES string of the molecule is CCCCn1c(N)c(N(C)CCC(=O)Nc2c(C)nn(-c3ccccc3)c2C)c(=O)[nH]c1=O. The number of amides is 1. The number of rotatable bonds is 9. The Hall–Kier alpha value is -3.82. The van der Waals surface area contributed by atoms with Gasteiger partial charge in [0.15, 0.2) is 0 Å². The number of hydrogen-bond donors (Lipinski definition) is 3.